The lowest BCUT2D eigenvalue weighted by atomic mass is 9.71. The van der Waals surface area contributed by atoms with Gasteiger partial charge in [0, 0.05) is 12.0 Å². The minimum atomic E-state index is 0.144. The maximum absolute atomic E-state index is 10.2. The van der Waals surface area contributed by atoms with Crippen LogP contribution in [-0.4, -0.2) is 29.6 Å². The number of phenols is 1. The van der Waals surface area contributed by atoms with E-state index in [0.717, 1.165) is 43.4 Å². The van der Waals surface area contributed by atoms with Crippen LogP contribution in [0, 0.1) is 11.3 Å². The zero-order valence-electron chi connectivity index (χ0n) is 14.3. The van der Waals surface area contributed by atoms with E-state index in [0.29, 0.717) is 11.1 Å². The number of aryl methyl sites for hydroxylation is 1. The third-order valence-corrected chi connectivity index (χ3v) is 6.11. The average molecular weight is 353 g/mol. The second-order valence-electron chi connectivity index (χ2n) is 7.16. The number of nitrogens with zero attached hydrogens (tertiary/aromatic N) is 2. The van der Waals surface area contributed by atoms with Gasteiger partial charge in [-0.25, -0.2) is 0 Å². The molecule has 2 aromatic carbocycles. The van der Waals surface area contributed by atoms with E-state index in [4.69, 9.17) is 11.6 Å². The van der Waals surface area contributed by atoms with Crippen LogP contribution in [0.15, 0.2) is 30.3 Å². The molecule has 3 nitrogen and oxygen atoms in total. The largest absolute Gasteiger partial charge is 0.506 e. The molecule has 128 valence electrons. The summed E-state index contributed by atoms with van der Waals surface area (Å²) in [5.41, 5.74) is 5.56. The lowest BCUT2D eigenvalue weighted by molar-refractivity contribution is 0.196. The Morgan fingerprint density at radius 1 is 1.24 bits per heavy atom. The van der Waals surface area contributed by atoms with E-state index < -0.39 is 0 Å². The van der Waals surface area contributed by atoms with Crippen molar-refractivity contribution in [2.45, 2.75) is 37.6 Å². The summed E-state index contributed by atoms with van der Waals surface area (Å²) in [4.78, 5) is 2.45. The number of nitriles is 1. The van der Waals surface area contributed by atoms with Gasteiger partial charge in [-0.3, -0.25) is 0 Å². The van der Waals surface area contributed by atoms with Crippen molar-refractivity contribution in [1.82, 2.24) is 4.90 Å². The van der Waals surface area contributed by atoms with E-state index in [9.17, 15) is 10.4 Å². The molecule has 2 aromatic rings. The summed E-state index contributed by atoms with van der Waals surface area (Å²) in [5, 5.41) is 20.2. The quantitative estimate of drug-likeness (QED) is 0.771. The second-order valence-corrected chi connectivity index (χ2v) is 7.56. The molecule has 0 saturated carbocycles. The number of fused-ring (bicyclic) bond motifs is 5. The third-order valence-electron chi connectivity index (χ3n) is 5.81. The summed E-state index contributed by atoms with van der Waals surface area (Å²) in [7, 11) is 2.19. The number of likely N-dealkylation sites (N-methyl/N-ethyl adjacent to an activating group) is 1. The third kappa shape index (κ3) is 2.70. The highest BCUT2D eigenvalue weighted by atomic mass is 35.5. The van der Waals surface area contributed by atoms with Gasteiger partial charge in [0.25, 0.3) is 0 Å². The molecule has 1 N–H and O–H groups in total. The summed E-state index contributed by atoms with van der Waals surface area (Å²) in [6.45, 7) is 1.05. The number of hydrogen-bond acceptors (Lipinski definition) is 3. The van der Waals surface area contributed by atoms with Crippen LogP contribution in [0.2, 0.25) is 5.02 Å². The molecule has 1 aliphatic carbocycles. The molecule has 1 unspecified atom stereocenters. The van der Waals surface area contributed by atoms with Crippen LogP contribution in [0.25, 0.3) is 0 Å². The molecule has 0 amide bonds. The van der Waals surface area contributed by atoms with Gasteiger partial charge in [0.1, 0.15) is 5.75 Å². The molecule has 4 heteroatoms. The lowest BCUT2D eigenvalue weighted by Crippen LogP contribution is -2.42. The van der Waals surface area contributed by atoms with E-state index in [1.165, 1.54) is 16.7 Å². The Hall–Kier alpha value is -2.02. The fraction of sp³-hybridized carbons (Fsp3) is 0.381. The van der Waals surface area contributed by atoms with E-state index in [1.807, 2.05) is 24.3 Å². The molecule has 25 heavy (non-hydrogen) atoms. The van der Waals surface area contributed by atoms with Crippen LogP contribution in [0.5, 0.6) is 5.75 Å². The Balaban J connectivity index is 1.96. The van der Waals surface area contributed by atoms with Gasteiger partial charge in [0.15, 0.2) is 0 Å². The molecule has 2 aliphatic rings. The molecule has 0 fully saturated rings. The van der Waals surface area contributed by atoms with Crippen LogP contribution in [0.3, 0.4) is 0 Å². The Labute approximate surface area is 153 Å². The summed E-state index contributed by atoms with van der Waals surface area (Å²) in [6.07, 6.45) is 3.99. The molecular weight excluding hydrogens is 332 g/mol. The molecule has 0 radical (unpaired) electrons. The van der Waals surface area contributed by atoms with E-state index in [-0.39, 0.29) is 11.7 Å². The minimum absolute atomic E-state index is 0.144. The highest BCUT2D eigenvalue weighted by molar-refractivity contribution is 6.32. The zero-order valence-corrected chi connectivity index (χ0v) is 15.1. The second kappa shape index (κ2) is 6.37. The van der Waals surface area contributed by atoms with Gasteiger partial charge in [-0.2, -0.15) is 5.26 Å². The van der Waals surface area contributed by atoms with Gasteiger partial charge in [-0.05, 0) is 79.7 Å². The molecule has 1 aliphatic heterocycles. The number of hydrogen-bond donors (Lipinski definition) is 1. The molecule has 1 heterocycles. The highest BCUT2D eigenvalue weighted by Crippen LogP contribution is 2.44. The molecule has 0 bridgehead atoms. The van der Waals surface area contributed by atoms with Crippen LogP contribution >= 0.6 is 11.6 Å². The van der Waals surface area contributed by atoms with Crippen molar-refractivity contribution < 1.29 is 5.11 Å². The Morgan fingerprint density at radius 3 is 2.88 bits per heavy atom. The van der Waals surface area contributed by atoms with Crippen molar-refractivity contribution in [1.29, 1.82) is 5.26 Å². The first-order valence-corrected chi connectivity index (χ1v) is 9.21. The fourth-order valence-corrected chi connectivity index (χ4v) is 4.79. The smallest absolute Gasteiger partial charge is 0.134 e. The number of benzene rings is 2. The van der Waals surface area contributed by atoms with Gasteiger partial charge in [0.05, 0.1) is 16.7 Å². The lowest BCUT2D eigenvalue weighted by Gasteiger charge is -2.42. The predicted molar refractivity (Wildman–Crippen MR) is 99.2 cm³/mol. The normalized spacial score (nSPS) is 22.8. The van der Waals surface area contributed by atoms with Gasteiger partial charge < -0.3 is 10.0 Å². The van der Waals surface area contributed by atoms with Crippen molar-refractivity contribution in [3.05, 3.63) is 63.2 Å². The Kier molecular flexibility index (Phi) is 4.19. The summed E-state index contributed by atoms with van der Waals surface area (Å²) >= 11 is 6.19. The topological polar surface area (TPSA) is 47.3 Å². The van der Waals surface area contributed by atoms with Crippen molar-refractivity contribution in [3.63, 3.8) is 0 Å². The van der Waals surface area contributed by atoms with Gasteiger partial charge >= 0.3 is 0 Å². The molecular formula is C21H21ClN2O. The van der Waals surface area contributed by atoms with Crippen LogP contribution in [-0.2, 0) is 12.8 Å². The number of phenolic OH excluding ortho intramolecular Hbond substituents is 1. The Morgan fingerprint density at radius 2 is 2.08 bits per heavy atom. The van der Waals surface area contributed by atoms with Gasteiger partial charge in [-0.15, -0.1) is 0 Å². The van der Waals surface area contributed by atoms with Crippen molar-refractivity contribution in [2.24, 2.45) is 0 Å². The van der Waals surface area contributed by atoms with Crippen LogP contribution in [0.1, 0.15) is 46.6 Å². The van der Waals surface area contributed by atoms with E-state index in [2.05, 4.69) is 24.1 Å². The predicted octanol–water partition coefficient (Wildman–Crippen LogP) is 4.24. The summed E-state index contributed by atoms with van der Waals surface area (Å²) < 4.78 is 0. The van der Waals surface area contributed by atoms with Crippen LogP contribution in [0.4, 0.5) is 0 Å². The standard InChI is InChI=1S/C21H21ClN2O/c1-24-9-3-5-13-10-18(22)20(25)11-17(13)21-16-6-2-4-14(12-23)15(16)7-8-19(21)24/h2,4,6,10-11,19,21,25H,3,5,7-9H2,1H3/t19?,21-/m1/s1. The molecule has 4 rings (SSSR count). The number of rotatable bonds is 0. The van der Waals surface area contributed by atoms with E-state index >= 15 is 0 Å². The monoisotopic (exact) mass is 352 g/mol. The summed E-state index contributed by atoms with van der Waals surface area (Å²) in [5.74, 6) is 0.312. The van der Waals surface area contributed by atoms with Gasteiger partial charge in [-0.1, -0.05) is 23.7 Å². The number of aromatic hydroxyl groups is 1. The number of halogens is 1. The minimum Gasteiger partial charge on any atom is -0.506 e. The Bertz CT molecular complexity index is 871. The maximum atomic E-state index is 10.2. The van der Waals surface area contributed by atoms with Crippen molar-refractivity contribution >= 4 is 11.6 Å². The van der Waals surface area contributed by atoms with E-state index in [1.54, 1.807) is 0 Å². The molecule has 0 aromatic heterocycles. The molecule has 2 atom stereocenters. The zero-order chi connectivity index (χ0) is 17.6. The van der Waals surface area contributed by atoms with Crippen molar-refractivity contribution in [3.8, 4) is 11.8 Å². The SMILES string of the molecule is CN1CCCc2cc(Cl)c(O)cc2[C@H]2c3cccc(C#N)c3CCC21. The fourth-order valence-electron chi connectivity index (χ4n) is 4.61. The molecule has 0 spiro atoms. The van der Waals surface area contributed by atoms with Crippen LogP contribution < -0.4 is 0 Å². The molecule has 0 saturated heterocycles. The first-order valence-electron chi connectivity index (χ1n) is 8.83. The summed E-state index contributed by atoms with van der Waals surface area (Å²) in [6, 6.07) is 12.5. The van der Waals surface area contributed by atoms with Crippen molar-refractivity contribution in [2.75, 3.05) is 13.6 Å². The first kappa shape index (κ1) is 16.4. The average Bonchev–Trinajstić information content (AvgIpc) is 2.61. The maximum Gasteiger partial charge on any atom is 0.134 e. The first-order chi connectivity index (χ1) is 12.1. The highest BCUT2D eigenvalue weighted by Gasteiger charge is 2.36. The van der Waals surface area contributed by atoms with Gasteiger partial charge in [0.2, 0.25) is 0 Å².